The molecular formula is C15H14ClF2N. The normalized spacial score (nSPS) is 12.4. The molecule has 0 bridgehead atoms. The van der Waals surface area contributed by atoms with E-state index in [1.165, 1.54) is 18.2 Å². The molecule has 0 aliphatic carbocycles. The third-order valence-electron chi connectivity index (χ3n) is 3.07. The van der Waals surface area contributed by atoms with Crippen LogP contribution in [-0.2, 0) is 6.42 Å². The first-order chi connectivity index (χ1) is 9.10. The Bertz CT molecular complexity index is 572. The molecular weight excluding hydrogens is 268 g/mol. The highest BCUT2D eigenvalue weighted by Crippen LogP contribution is 2.23. The van der Waals surface area contributed by atoms with Gasteiger partial charge in [0.1, 0.15) is 11.6 Å². The highest BCUT2D eigenvalue weighted by atomic mass is 35.5. The number of rotatable bonds is 4. The minimum atomic E-state index is -0.444. The number of hydrogen-bond acceptors (Lipinski definition) is 1. The quantitative estimate of drug-likeness (QED) is 0.904. The number of benzene rings is 2. The highest BCUT2D eigenvalue weighted by molar-refractivity contribution is 6.30. The summed E-state index contributed by atoms with van der Waals surface area (Å²) in [5, 5.41) is 0.0903. The first kappa shape index (κ1) is 14.0. The van der Waals surface area contributed by atoms with Crippen molar-refractivity contribution < 1.29 is 8.78 Å². The summed E-state index contributed by atoms with van der Waals surface area (Å²) in [6, 6.07) is 10.9. The molecule has 100 valence electrons. The smallest absolute Gasteiger partial charge is 0.141 e. The van der Waals surface area contributed by atoms with Crippen LogP contribution in [0, 0.1) is 11.6 Å². The van der Waals surface area contributed by atoms with E-state index in [0.717, 1.165) is 11.1 Å². The lowest BCUT2D eigenvalue weighted by molar-refractivity contribution is 0.615. The summed E-state index contributed by atoms with van der Waals surface area (Å²) in [5.74, 6) is -0.745. The maximum absolute atomic E-state index is 13.2. The summed E-state index contributed by atoms with van der Waals surface area (Å²) in [4.78, 5) is 0. The van der Waals surface area contributed by atoms with Crippen LogP contribution in [0.5, 0.6) is 0 Å². The Morgan fingerprint density at radius 1 is 1.11 bits per heavy atom. The predicted molar refractivity (Wildman–Crippen MR) is 73.3 cm³/mol. The zero-order chi connectivity index (χ0) is 13.8. The van der Waals surface area contributed by atoms with Gasteiger partial charge in [-0.1, -0.05) is 29.8 Å². The molecule has 0 fully saturated rings. The molecule has 0 spiro atoms. The molecule has 0 aliphatic heterocycles. The molecule has 0 aromatic heterocycles. The van der Waals surface area contributed by atoms with Crippen LogP contribution in [0.2, 0.25) is 5.02 Å². The Balaban J connectivity index is 2.21. The summed E-state index contributed by atoms with van der Waals surface area (Å²) in [6.07, 6.45) is 0.597. The number of halogens is 3. The van der Waals surface area contributed by atoms with E-state index in [9.17, 15) is 8.78 Å². The standard InChI is InChI=1S/C15H14ClF2N/c16-14-7-10(4-5-15(14)18)6-12(9-19)11-2-1-3-13(17)8-11/h1-5,7-8,12H,6,9,19H2. The third kappa shape index (κ3) is 3.52. The van der Waals surface area contributed by atoms with E-state index in [2.05, 4.69) is 0 Å². The van der Waals surface area contributed by atoms with Crippen molar-refractivity contribution in [1.82, 2.24) is 0 Å². The van der Waals surface area contributed by atoms with Gasteiger partial charge in [-0.3, -0.25) is 0 Å². The van der Waals surface area contributed by atoms with Crippen molar-refractivity contribution in [1.29, 1.82) is 0 Å². The predicted octanol–water partition coefficient (Wildman–Crippen LogP) is 3.90. The first-order valence-corrected chi connectivity index (χ1v) is 6.37. The van der Waals surface area contributed by atoms with E-state index in [1.807, 2.05) is 6.07 Å². The van der Waals surface area contributed by atoms with Crippen molar-refractivity contribution in [2.75, 3.05) is 6.54 Å². The van der Waals surface area contributed by atoms with Gasteiger partial charge >= 0.3 is 0 Å². The van der Waals surface area contributed by atoms with E-state index in [4.69, 9.17) is 17.3 Å². The maximum Gasteiger partial charge on any atom is 0.141 e. The lowest BCUT2D eigenvalue weighted by Crippen LogP contribution is -2.15. The summed E-state index contributed by atoms with van der Waals surface area (Å²) in [6.45, 7) is 0.387. The van der Waals surface area contributed by atoms with Crippen molar-refractivity contribution in [3.63, 3.8) is 0 Å². The summed E-state index contributed by atoms with van der Waals surface area (Å²) in [5.41, 5.74) is 7.46. The summed E-state index contributed by atoms with van der Waals surface area (Å²) in [7, 11) is 0. The molecule has 1 nitrogen and oxygen atoms in total. The van der Waals surface area contributed by atoms with Crippen molar-refractivity contribution in [3.05, 3.63) is 70.2 Å². The summed E-state index contributed by atoms with van der Waals surface area (Å²) >= 11 is 5.75. The van der Waals surface area contributed by atoms with Gasteiger partial charge in [0.2, 0.25) is 0 Å². The van der Waals surface area contributed by atoms with Crippen LogP contribution < -0.4 is 5.73 Å². The molecule has 4 heteroatoms. The average molecular weight is 282 g/mol. The van der Waals surface area contributed by atoms with Crippen LogP contribution in [-0.4, -0.2) is 6.54 Å². The fourth-order valence-electron chi connectivity index (χ4n) is 2.05. The highest BCUT2D eigenvalue weighted by Gasteiger charge is 2.12. The van der Waals surface area contributed by atoms with E-state index in [0.29, 0.717) is 13.0 Å². The van der Waals surface area contributed by atoms with Crippen LogP contribution in [0.25, 0.3) is 0 Å². The maximum atomic E-state index is 13.2. The Hall–Kier alpha value is -1.45. The van der Waals surface area contributed by atoms with E-state index >= 15 is 0 Å². The Morgan fingerprint density at radius 2 is 1.89 bits per heavy atom. The first-order valence-electron chi connectivity index (χ1n) is 5.99. The second-order valence-corrected chi connectivity index (χ2v) is 4.85. The minimum absolute atomic E-state index is 0.0165. The van der Waals surface area contributed by atoms with Crippen molar-refractivity contribution in [2.45, 2.75) is 12.3 Å². The molecule has 0 aliphatic rings. The van der Waals surface area contributed by atoms with Crippen LogP contribution in [0.4, 0.5) is 8.78 Å². The van der Waals surface area contributed by atoms with Crippen LogP contribution >= 0.6 is 11.6 Å². The molecule has 2 aromatic carbocycles. The Morgan fingerprint density at radius 3 is 2.53 bits per heavy atom. The second-order valence-electron chi connectivity index (χ2n) is 4.44. The molecule has 2 N–H and O–H groups in total. The lowest BCUT2D eigenvalue weighted by Gasteiger charge is -2.15. The lowest BCUT2D eigenvalue weighted by atomic mass is 9.92. The van der Waals surface area contributed by atoms with E-state index < -0.39 is 5.82 Å². The summed E-state index contributed by atoms with van der Waals surface area (Å²) < 4.78 is 26.3. The van der Waals surface area contributed by atoms with Crippen molar-refractivity contribution in [3.8, 4) is 0 Å². The fourth-order valence-corrected chi connectivity index (χ4v) is 2.25. The van der Waals surface area contributed by atoms with Gasteiger partial charge in [-0.25, -0.2) is 8.78 Å². The molecule has 19 heavy (non-hydrogen) atoms. The van der Waals surface area contributed by atoms with Crippen molar-refractivity contribution in [2.24, 2.45) is 5.73 Å². The van der Waals surface area contributed by atoms with Crippen LogP contribution in [0.15, 0.2) is 42.5 Å². The SMILES string of the molecule is NCC(Cc1ccc(F)c(Cl)c1)c1cccc(F)c1. The van der Waals surface area contributed by atoms with Gasteiger partial charge < -0.3 is 5.73 Å². The van der Waals surface area contributed by atoms with Gasteiger partial charge in [0.15, 0.2) is 0 Å². The van der Waals surface area contributed by atoms with Gasteiger partial charge in [0, 0.05) is 5.92 Å². The van der Waals surface area contributed by atoms with E-state index in [-0.39, 0.29) is 16.8 Å². The largest absolute Gasteiger partial charge is 0.330 e. The van der Waals surface area contributed by atoms with Gasteiger partial charge in [0.05, 0.1) is 5.02 Å². The van der Waals surface area contributed by atoms with Gasteiger partial charge in [0.25, 0.3) is 0 Å². The zero-order valence-corrected chi connectivity index (χ0v) is 11.0. The molecule has 0 saturated carbocycles. The van der Waals surface area contributed by atoms with Crippen molar-refractivity contribution >= 4 is 11.6 Å². The van der Waals surface area contributed by atoms with Gasteiger partial charge in [-0.2, -0.15) is 0 Å². The topological polar surface area (TPSA) is 26.0 Å². The Kier molecular flexibility index (Phi) is 4.51. The molecule has 2 rings (SSSR count). The number of hydrogen-bond donors (Lipinski definition) is 1. The molecule has 0 amide bonds. The molecule has 0 heterocycles. The molecule has 0 saturated heterocycles. The number of nitrogens with two attached hydrogens (primary N) is 1. The Labute approximate surface area is 116 Å². The zero-order valence-electron chi connectivity index (χ0n) is 10.2. The molecule has 0 radical (unpaired) electrons. The monoisotopic (exact) mass is 281 g/mol. The van der Waals surface area contributed by atoms with E-state index in [1.54, 1.807) is 18.2 Å². The molecule has 1 unspecified atom stereocenters. The average Bonchev–Trinajstić information content (AvgIpc) is 2.40. The minimum Gasteiger partial charge on any atom is -0.330 e. The fraction of sp³-hybridized carbons (Fsp3) is 0.200. The second kappa shape index (κ2) is 6.13. The molecule has 2 aromatic rings. The molecule has 1 atom stereocenters. The van der Waals surface area contributed by atoms with Gasteiger partial charge in [-0.15, -0.1) is 0 Å². The van der Waals surface area contributed by atoms with Gasteiger partial charge in [-0.05, 0) is 48.4 Å². The third-order valence-corrected chi connectivity index (χ3v) is 3.36. The van der Waals surface area contributed by atoms with Crippen LogP contribution in [0.3, 0.4) is 0 Å². The van der Waals surface area contributed by atoms with Crippen LogP contribution in [0.1, 0.15) is 17.0 Å².